The van der Waals surface area contributed by atoms with Crippen LogP contribution in [-0.4, -0.2) is 11.9 Å². The molecule has 1 aromatic rings. The molecule has 0 saturated heterocycles. The Hall–Kier alpha value is -0.570. The van der Waals surface area contributed by atoms with Crippen LogP contribution < -0.4 is 4.74 Å². The summed E-state index contributed by atoms with van der Waals surface area (Å²) in [5, 5.41) is 0.986. The maximum Gasteiger partial charge on any atom is 0.123 e. The molecule has 0 atom stereocenters. The zero-order valence-electron chi connectivity index (χ0n) is 9.43. The van der Waals surface area contributed by atoms with E-state index < -0.39 is 0 Å². The highest BCUT2D eigenvalue weighted by Gasteiger charge is 2.36. The van der Waals surface area contributed by atoms with Crippen molar-refractivity contribution >= 4 is 15.9 Å². The van der Waals surface area contributed by atoms with Crippen molar-refractivity contribution in [3.8, 4) is 5.75 Å². The summed E-state index contributed by atoms with van der Waals surface area (Å²) in [7, 11) is 0. The van der Waals surface area contributed by atoms with E-state index in [1.807, 2.05) is 6.92 Å². The first-order chi connectivity index (χ1) is 7.65. The number of alkyl halides is 1. The highest BCUT2D eigenvalue weighted by Crippen LogP contribution is 2.42. The molecular weight excluding hydrogens is 271 g/mol. The molecule has 16 heavy (non-hydrogen) atoms. The molecule has 0 bridgehead atoms. The summed E-state index contributed by atoms with van der Waals surface area (Å²) in [6.07, 6.45) is 3.73. The first-order valence-electron chi connectivity index (χ1n) is 5.60. The first kappa shape index (κ1) is 11.9. The summed E-state index contributed by atoms with van der Waals surface area (Å²) in [5.74, 6) is 0.595. The molecule has 1 saturated carbocycles. The third-order valence-electron chi connectivity index (χ3n) is 3.37. The molecule has 0 amide bonds. The van der Waals surface area contributed by atoms with Gasteiger partial charge in [-0.25, -0.2) is 4.39 Å². The van der Waals surface area contributed by atoms with Crippen molar-refractivity contribution in [1.29, 1.82) is 0 Å². The molecule has 0 radical (unpaired) electrons. The summed E-state index contributed by atoms with van der Waals surface area (Å²) in [6.45, 7) is 2.60. The third kappa shape index (κ3) is 2.40. The number of halogens is 2. The van der Waals surface area contributed by atoms with Crippen LogP contribution in [0.5, 0.6) is 5.75 Å². The summed E-state index contributed by atoms with van der Waals surface area (Å²) in [4.78, 5) is 0. The van der Waals surface area contributed by atoms with Crippen molar-refractivity contribution in [2.24, 2.45) is 5.41 Å². The Morgan fingerprint density at radius 1 is 1.44 bits per heavy atom. The van der Waals surface area contributed by atoms with Gasteiger partial charge in [-0.05, 0) is 43.5 Å². The second-order valence-corrected chi connectivity index (χ2v) is 5.25. The fourth-order valence-corrected chi connectivity index (χ4v) is 2.72. The Kier molecular flexibility index (Phi) is 3.53. The number of aryl methyl sites for hydroxylation is 1. The van der Waals surface area contributed by atoms with Crippen LogP contribution in [0.15, 0.2) is 18.2 Å². The first-order valence-corrected chi connectivity index (χ1v) is 6.72. The molecule has 0 aromatic heterocycles. The van der Waals surface area contributed by atoms with E-state index in [9.17, 15) is 4.39 Å². The second-order valence-electron chi connectivity index (χ2n) is 4.69. The van der Waals surface area contributed by atoms with Gasteiger partial charge in [0.1, 0.15) is 11.6 Å². The SMILES string of the molecule is Cc1cc(F)ccc1OCC1(CBr)CCC1. The molecular formula is C13H16BrFO. The third-order valence-corrected chi connectivity index (χ3v) is 4.56. The lowest BCUT2D eigenvalue weighted by atomic mass is 9.71. The zero-order valence-corrected chi connectivity index (χ0v) is 11.0. The summed E-state index contributed by atoms with van der Waals surface area (Å²) < 4.78 is 18.7. The van der Waals surface area contributed by atoms with Crippen LogP contribution in [0.2, 0.25) is 0 Å². The van der Waals surface area contributed by atoms with Crippen molar-refractivity contribution in [1.82, 2.24) is 0 Å². The number of hydrogen-bond acceptors (Lipinski definition) is 1. The average Bonchev–Trinajstić information content (AvgIpc) is 2.19. The van der Waals surface area contributed by atoms with E-state index in [2.05, 4.69) is 15.9 Å². The van der Waals surface area contributed by atoms with Crippen LogP contribution in [-0.2, 0) is 0 Å². The summed E-state index contributed by atoms with van der Waals surface area (Å²) >= 11 is 3.55. The Labute approximate surface area is 104 Å². The molecule has 0 unspecified atom stereocenters. The molecule has 0 heterocycles. The van der Waals surface area contributed by atoms with E-state index in [-0.39, 0.29) is 5.82 Å². The molecule has 0 N–H and O–H groups in total. The van der Waals surface area contributed by atoms with E-state index in [0.717, 1.165) is 23.2 Å². The minimum Gasteiger partial charge on any atom is -0.493 e. The van der Waals surface area contributed by atoms with Crippen LogP contribution in [0.1, 0.15) is 24.8 Å². The molecule has 3 heteroatoms. The van der Waals surface area contributed by atoms with Crippen LogP contribution in [0.4, 0.5) is 4.39 Å². The number of hydrogen-bond donors (Lipinski definition) is 0. The summed E-state index contributed by atoms with van der Waals surface area (Å²) in [5.41, 5.74) is 1.17. The zero-order chi connectivity index (χ0) is 11.6. The van der Waals surface area contributed by atoms with E-state index in [1.54, 1.807) is 6.07 Å². The topological polar surface area (TPSA) is 9.23 Å². The predicted molar refractivity (Wildman–Crippen MR) is 66.7 cm³/mol. The Morgan fingerprint density at radius 3 is 2.69 bits per heavy atom. The van der Waals surface area contributed by atoms with E-state index in [1.165, 1.54) is 31.4 Å². The van der Waals surface area contributed by atoms with Crippen LogP contribution in [0.3, 0.4) is 0 Å². The normalized spacial score (nSPS) is 17.9. The predicted octanol–water partition coefficient (Wildman–Crippen LogP) is 4.08. The molecule has 1 aliphatic rings. The second kappa shape index (κ2) is 4.74. The van der Waals surface area contributed by atoms with E-state index >= 15 is 0 Å². The van der Waals surface area contributed by atoms with Crippen molar-refractivity contribution < 1.29 is 9.13 Å². The maximum absolute atomic E-state index is 12.9. The van der Waals surface area contributed by atoms with Crippen molar-refractivity contribution in [3.05, 3.63) is 29.6 Å². The minimum atomic E-state index is -0.205. The van der Waals surface area contributed by atoms with Crippen molar-refractivity contribution in [2.45, 2.75) is 26.2 Å². The smallest absolute Gasteiger partial charge is 0.123 e. The molecule has 88 valence electrons. The standard InChI is InChI=1S/C13H16BrFO/c1-10-7-11(15)3-4-12(10)16-9-13(8-14)5-2-6-13/h3-4,7H,2,5-6,8-9H2,1H3. The van der Waals surface area contributed by atoms with Gasteiger partial charge in [0.25, 0.3) is 0 Å². The number of ether oxygens (including phenoxy) is 1. The van der Waals surface area contributed by atoms with Gasteiger partial charge in [-0.1, -0.05) is 22.4 Å². The van der Waals surface area contributed by atoms with Gasteiger partial charge in [0.2, 0.25) is 0 Å². The van der Waals surface area contributed by atoms with Gasteiger partial charge in [0.05, 0.1) is 6.61 Å². The average molecular weight is 287 g/mol. The quantitative estimate of drug-likeness (QED) is 0.758. The lowest BCUT2D eigenvalue weighted by Gasteiger charge is -2.40. The maximum atomic E-state index is 12.9. The highest BCUT2D eigenvalue weighted by atomic mass is 79.9. The fraction of sp³-hybridized carbons (Fsp3) is 0.538. The molecule has 1 fully saturated rings. The summed E-state index contributed by atoms with van der Waals surface area (Å²) in [6, 6.07) is 4.67. The highest BCUT2D eigenvalue weighted by molar-refractivity contribution is 9.09. The van der Waals surface area contributed by atoms with Gasteiger partial charge in [-0.15, -0.1) is 0 Å². The Balaban J connectivity index is 1.99. The molecule has 1 nitrogen and oxygen atoms in total. The minimum absolute atomic E-state index is 0.205. The molecule has 2 rings (SSSR count). The van der Waals surface area contributed by atoms with Crippen LogP contribution in [0.25, 0.3) is 0 Å². The molecule has 1 aromatic carbocycles. The molecule has 1 aliphatic carbocycles. The van der Waals surface area contributed by atoms with Crippen molar-refractivity contribution in [2.75, 3.05) is 11.9 Å². The van der Waals surface area contributed by atoms with Gasteiger partial charge in [-0.2, -0.15) is 0 Å². The van der Waals surface area contributed by atoms with Crippen LogP contribution in [0, 0.1) is 18.2 Å². The van der Waals surface area contributed by atoms with Gasteiger partial charge in [0.15, 0.2) is 0 Å². The van der Waals surface area contributed by atoms with E-state index in [4.69, 9.17) is 4.74 Å². The van der Waals surface area contributed by atoms with Gasteiger partial charge < -0.3 is 4.74 Å². The molecule has 0 spiro atoms. The monoisotopic (exact) mass is 286 g/mol. The Morgan fingerprint density at radius 2 is 2.19 bits per heavy atom. The Bertz CT molecular complexity index is 369. The molecule has 0 aliphatic heterocycles. The van der Waals surface area contributed by atoms with Gasteiger partial charge in [-0.3, -0.25) is 0 Å². The van der Waals surface area contributed by atoms with Crippen molar-refractivity contribution in [3.63, 3.8) is 0 Å². The van der Waals surface area contributed by atoms with Gasteiger partial charge >= 0.3 is 0 Å². The number of rotatable bonds is 4. The number of benzene rings is 1. The fourth-order valence-electron chi connectivity index (χ4n) is 2.00. The van der Waals surface area contributed by atoms with Crippen LogP contribution >= 0.6 is 15.9 Å². The van der Waals surface area contributed by atoms with Gasteiger partial charge in [0, 0.05) is 10.7 Å². The lowest BCUT2D eigenvalue weighted by Crippen LogP contribution is -2.37. The lowest BCUT2D eigenvalue weighted by molar-refractivity contribution is 0.0834. The van der Waals surface area contributed by atoms with E-state index in [0.29, 0.717) is 5.41 Å². The largest absolute Gasteiger partial charge is 0.493 e.